The topological polar surface area (TPSA) is 67.3 Å². The van der Waals surface area contributed by atoms with Gasteiger partial charge >= 0.3 is 0 Å². The third-order valence-electron chi connectivity index (χ3n) is 2.58. The smallest absolute Gasteiger partial charge is 0.186 e. The molecule has 15 heavy (non-hydrogen) atoms. The summed E-state index contributed by atoms with van der Waals surface area (Å²) in [6.07, 6.45) is 1.49. The van der Waals surface area contributed by atoms with Crippen LogP contribution in [-0.2, 0) is 4.74 Å². The maximum Gasteiger partial charge on any atom is 0.186 e. The van der Waals surface area contributed by atoms with Crippen LogP contribution in [0.2, 0.25) is 5.15 Å². The average Bonchev–Trinajstić information content (AvgIpc) is 2.66. The lowest BCUT2D eigenvalue weighted by atomic mass is 9.91. The first-order valence-electron chi connectivity index (χ1n) is 4.71. The van der Waals surface area contributed by atoms with Crippen LogP contribution in [0, 0.1) is 0 Å². The van der Waals surface area contributed by atoms with Gasteiger partial charge in [0.25, 0.3) is 0 Å². The maximum atomic E-state index is 9.43. The van der Waals surface area contributed by atoms with Gasteiger partial charge in [-0.25, -0.2) is 0 Å². The summed E-state index contributed by atoms with van der Waals surface area (Å²) < 4.78 is 13.2. The van der Waals surface area contributed by atoms with E-state index in [0.29, 0.717) is 24.2 Å². The molecule has 0 unspecified atom stereocenters. The zero-order chi connectivity index (χ0) is 10.7. The predicted molar refractivity (Wildman–Crippen MR) is 58.4 cm³/mol. The van der Waals surface area contributed by atoms with E-state index in [9.17, 15) is 5.11 Å². The first kappa shape index (κ1) is 11.1. The number of hydrogen-bond donors (Lipinski definition) is 2. The summed E-state index contributed by atoms with van der Waals surface area (Å²) in [7, 11) is 0. The summed E-state index contributed by atoms with van der Waals surface area (Å²) in [5.74, 6) is 0.553. The third-order valence-corrected chi connectivity index (χ3v) is 3.48. The van der Waals surface area contributed by atoms with Crippen LogP contribution in [0.15, 0.2) is 0 Å². The van der Waals surface area contributed by atoms with Crippen LogP contribution < -0.4 is 5.32 Å². The lowest BCUT2D eigenvalue weighted by molar-refractivity contribution is 0.0379. The quantitative estimate of drug-likeness (QED) is 0.841. The van der Waals surface area contributed by atoms with Crippen molar-refractivity contribution >= 4 is 29.1 Å². The molecule has 0 radical (unpaired) electrons. The molecule has 0 spiro atoms. The zero-order valence-corrected chi connectivity index (χ0v) is 9.64. The van der Waals surface area contributed by atoms with Gasteiger partial charge in [-0.15, -0.1) is 0 Å². The number of ether oxygens (including phenoxy) is 1. The number of aliphatic hydroxyl groups excluding tert-OH is 1. The van der Waals surface area contributed by atoms with Gasteiger partial charge in [0.1, 0.15) is 0 Å². The van der Waals surface area contributed by atoms with Crippen LogP contribution in [-0.4, -0.2) is 39.2 Å². The van der Waals surface area contributed by atoms with Crippen molar-refractivity contribution in [3.8, 4) is 0 Å². The molecule has 7 heteroatoms. The van der Waals surface area contributed by atoms with Crippen molar-refractivity contribution in [1.82, 2.24) is 8.75 Å². The number of aliphatic hydroxyl groups is 1. The number of anilines is 1. The Morgan fingerprint density at radius 1 is 1.47 bits per heavy atom. The molecule has 1 saturated heterocycles. The van der Waals surface area contributed by atoms with Gasteiger partial charge < -0.3 is 15.2 Å². The summed E-state index contributed by atoms with van der Waals surface area (Å²) in [5.41, 5.74) is -0.363. The van der Waals surface area contributed by atoms with Crippen LogP contribution in [0.25, 0.3) is 0 Å². The normalized spacial score (nSPS) is 20.1. The van der Waals surface area contributed by atoms with Crippen LogP contribution in [0.5, 0.6) is 0 Å². The van der Waals surface area contributed by atoms with Crippen molar-refractivity contribution < 1.29 is 9.84 Å². The number of aromatic nitrogens is 2. The van der Waals surface area contributed by atoms with Crippen LogP contribution in [0.4, 0.5) is 5.82 Å². The van der Waals surface area contributed by atoms with E-state index in [1.54, 1.807) is 0 Å². The summed E-state index contributed by atoms with van der Waals surface area (Å²) >= 11 is 6.90. The van der Waals surface area contributed by atoms with Crippen molar-refractivity contribution in [2.75, 3.05) is 25.1 Å². The van der Waals surface area contributed by atoms with E-state index < -0.39 is 0 Å². The van der Waals surface area contributed by atoms with Gasteiger partial charge in [-0.2, -0.15) is 8.75 Å². The van der Waals surface area contributed by atoms with Crippen molar-refractivity contribution in [1.29, 1.82) is 0 Å². The lowest BCUT2D eigenvalue weighted by Gasteiger charge is -2.36. The highest BCUT2D eigenvalue weighted by molar-refractivity contribution is 6.99. The molecule has 1 fully saturated rings. The third kappa shape index (κ3) is 2.39. The summed E-state index contributed by atoms with van der Waals surface area (Å²) in [5, 5.41) is 13.0. The van der Waals surface area contributed by atoms with E-state index in [1.165, 1.54) is 0 Å². The standard InChI is InChI=1S/C8H12ClN3O2S/c9-6-7(12-15-11-6)10-8(5-13)1-3-14-4-2-8/h13H,1-5H2,(H,10,12). The SMILES string of the molecule is OCC1(Nc2nsnc2Cl)CCOCC1. The number of halogens is 1. The molecular weight excluding hydrogens is 238 g/mol. The Bertz CT molecular complexity index is 327. The van der Waals surface area contributed by atoms with Gasteiger partial charge in [-0.3, -0.25) is 0 Å². The second-order valence-electron chi connectivity index (χ2n) is 3.58. The molecule has 1 aromatic heterocycles. The van der Waals surface area contributed by atoms with Crippen LogP contribution in [0.3, 0.4) is 0 Å². The highest BCUT2D eigenvalue weighted by Crippen LogP contribution is 2.28. The van der Waals surface area contributed by atoms with E-state index in [4.69, 9.17) is 16.3 Å². The van der Waals surface area contributed by atoms with Gasteiger partial charge in [0, 0.05) is 13.2 Å². The predicted octanol–water partition coefficient (Wildman–Crippen LogP) is 1.14. The van der Waals surface area contributed by atoms with E-state index in [2.05, 4.69) is 14.1 Å². The largest absolute Gasteiger partial charge is 0.394 e. The molecule has 2 rings (SSSR count). The van der Waals surface area contributed by atoms with Crippen molar-refractivity contribution in [3.05, 3.63) is 5.15 Å². The van der Waals surface area contributed by atoms with Gasteiger partial charge in [0.15, 0.2) is 11.0 Å². The molecule has 0 aliphatic carbocycles. The van der Waals surface area contributed by atoms with Crippen LogP contribution in [0.1, 0.15) is 12.8 Å². The Labute approximate surface area is 96.7 Å². The van der Waals surface area contributed by atoms with Gasteiger partial charge in [-0.1, -0.05) is 11.6 Å². The van der Waals surface area contributed by atoms with Crippen molar-refractivity contribution in [3.63, 3.8) is 0 Å². The minimum Gasteiger partial charge on any atom is -0.394 e. The molecule has 5 nitrogen and oxygen atoms in total. The molecule has 0 aromatic carbocycles. The number of nitrogens with one attached hydrogen (secondary N) is 1. The van der Waals surface area contributed by atoms with Gasteiger partial charge in [-0.05, 0) is 12.8 Å². The molecule has 0 amide bonds. The van der Waals surface area contributed by atoms with E-state index in [0.717, 1.165) is 24.6 Å². The molecule has 0 bridgehead atoms. The van der Waals surface area contributed by atoms with Gasteiger partial charge in [0.05, 0.1) is 23.9 Å². The summed E-state index contributed by atoms with van der Waals surface area (Å²) in [6.45, 7) is 1.33. The molecule has 1 aromatic rings. The molecular formula is C8H12ClN3O2S. The van der Waals surface area contributed by atoms with Crippen LogP contribution >= 0.6 is 23.3 Å². The highest BCUT2D eigenvalue weighted by Gasteiger charge is 2.33. The fourth-order valence-electron chi connectivity index (χ4n) is 1.59. The molecule has 2 N–H and O–H groups in total. The summed E-state index contributed by atoms with van der Waals surface area (Å²) in [4.78, 5) is 0. The Morgan fingerprint density at radius 3 is 2.73 bits per heavy atom. The van der Waals surface area contributed by atoms with Crippen molar-refractivity contribution in [2.45, 2.75) is 18.4 Å². The first-order chi connectivity index (χ1) is 7.26. The number of hydrogen-bond acceptors (Lipinski definition) is 6. The fraction of sp³-hybridized carbons (Fsp3) is 0.750. The molecule has 1 aliphatic heterocycles. The number of nitrogens with zero attached hydrogens (tertiary/aromatic N) is 2. The number of rotatable bonds is 3. The minimum atomic E-state index is -0.363. The molecule has 1 aliphatic rings. The van der Waals surface area contributed by atoms with E-state index in [-0.39, 0.29) is 12.1 Å². The Morgan fingerprint density at radius 2 is 2.20 bits per heavy atom. The molecule has 0 atom stereocenters. The second-order valence-corrected chi connectivity index (χ2v) is 4.47. The van der Waals surface area contributed by atoms with Crippen molar-refractivity contribution in [2.24, 2.45) is 0 Å². The monoisotopic (exact) mass is 249 g/mol. The first-order valence-corrected chi connectivity index (χ1v) is 5.81. The Balaban J connectivity index is 2.10. The lowest BCUT2D eigenvalue weighted by Crippen LogP contribution is -2.47. The van der Waals surface area contributed by atoms with Gasteiger partial charge in [0.2, 0.25) is 0 Å². The highest BCUT2D eigenvalue weighted by atomic mass is 35.5. The Kier molecular flexibility index (Phi) is 3.40. The van der Waals surface area contributed by atoms with E-state index >= 15 is 0 Å². The molecule has 0 saturated carbocycles. The molecule has 84 valence electrons. The Hall–Kier alpha value is -0.430. The summed E-state index contributed by atoms with van der Waals surface area (Å²) in [6, 6.07) is 0. The fourth-order valence-corrected chi connectivity index (χ4v) is 2.23. The molecule has 2 heterocycles. The minimum absolute atomic E-state index is 0.0458. The maximum absolute atomic E-state index is 9.43. The van der Waals surface area contributed by atoms with E-state index in [1.807, 2.05) is 0 Å². The zero-order valence-electron chi connectivity index (χ0n) is 8.07. The average molecular weight is 250 g/mol. The second kappa shape index (κ2) is 4.61.